The highest BCUT2D eigenvalue weighted by Gasteiger charge is 2.15. The van der Waals surface area contributed by atoms with E-state index in [0.29, 0.717) is 27.4 Å². The third kappa shape index (κ3) is 4.83. The maximum absolute atomic E-state index is 12.5. The monoisotopic (exact) mass is 432 g/mol. The fourth-order valence-electron chi connectivity index (χ4n) is 2.84. The number of nitrogens with zero attached hydrogens (tertiary/aromatic N) is 3. The van der Waals surface area contributed by atoms with Crippen LogP contribution in [0, 0.1) is 13.8 Å². The van der Waals surface area contributed by atoms with Crippen LogP contribution in [0.4, 0.5) is 5.69 Å². The molecule has 0 saturated heterocycles. The minimum atomic E-state index is -0.215. The van der Waals surface area contributed by atoms with Gasteiger partial charge >= 0.3 is 0 Å². The van der Waals surface area contributed by atoms with E-state index in [1.165, 1.54) is 31.5 Å². The van der Waals surface area contributed by atoms with Crippen LogP contribution in [-0.4, -0.2) is 40.6 Å². The van der Waals surface area contributed by atoms with Crippen molar-refractivity contribution in [2.24, 2.45) is 0 Å². The minimum Gasteiger partial charge on any atom is -0.495 e. The third-order valence-electron chi connectivity index (χ3n) is 4.21. The smallest absolute Gasteiger partial charge is 0.234 e. The van der Waals surface area contributed by atoms with Crippen LogP contribution in [0.2, 0.25) is 5.02 Å². The second-order valence-corrected chi connectivity index (χ2v) is 7.65. The Bertz CT molecular complexity index is 1040. The first-order valence-electron chi connectivity index (χ1n) is 8.74. The molecule has 0 bridgehead atoms. The number of hydrogen-bond acceptors (Lipinski definition) is 6. The van der Waals surface area contributed by atoms with E-state index in [2.05, 4.69) is 21.6 Å². The topological polar surface area (TPSA) is 78.3 Å². The summed E-state index contributed by atoms with van der Waals surface area (Å²) in [7, 11) is 3.02. The number of nitrogens with one attached hydrogen (secondary N) is 1. The van der Waals surface area contributed by atoms with Gasteiger partial charge in [-0.05, 0) is 25.5 Å². The van der Waals surface area contributed by atoms with Crippen molar-refractivity contribution in [1.82, 2.24) is 14.8 Å². The Balaban J connectivity index is 1.72. The number of ether oxygens (including phenoxy) is 2. The zero-order valence-corrected chi connectivity index (χ0v) is 18.1. The number of carbonyl (C=O) groups is 1. The maximum Gasteiger partial charge on any atom is 0.234 e. The van der Waals surface area contributed by atoms with Gasteiger partial charge in [0.05, 0.1) is 36.4 Å². The molecular formula is C20H21ClN4O3S. The van der Waals surface area contributed by atoms with Gasteiger partial charge in [-0.3, -0.25) is 9.36 Å². The molecule has 0 radical (unpaired) electrons. The lowest BCUT2D eigenvalue weighted by atomic mass is 10.1. The first kappa shape index (κ1) is 21.0. The summed E-state index contributed by atoms with van der Waals surface area (Å²) >= 11 is 7.40. The highest BCUT2D eigenvalue weighted by atomic mass is 35.5. The minimum absolute atomic E-state index is 0.150. The highest BCUT2D eigenvalue weighted by Crippen LogP contribution is 2.36. The van der Waals surface area contributed by atoms with Crippen molar-refractivity contribution >= 4 is 35.0 Å². The summed E-state index contributed by atoms with van der Waals surface area (Å²) < 4.78 is 12.4. The van der Waals surface area contributed by atoms with Gasteiger partial charge in [0.25, 0.3) is 0 Å². The molecule has 0 aliphatic heterocycles. The molecule has 0 fully saturated rings. The van der Waals surface area contributed by atoms with Crippen molar-refractivity contribution in [2.75, 3.05) is 25.3 Å². The first-order chi connectivity index (χ1) is 13.9. The Hall–Kier alpha value is -2.71. The van der Waals surface area contributed by atoms with E-state index in [4.69, 9.17) is 21.1 Å². The number of carbonyl (C=O) groups excluding carboxylic acids is 1. The van der Waals surface area contributed by atoms with Crippen LogP contribution >= 0.6 is 23.4 Å². The van der Waals surface area contributed by atoms with Gasteiger partial charge in [0.15, 0.2) is 5.16 Å². The zero-order valence-electron chi connectivity index (χ0n) is 16.5. The van der Waals surface area contributed by atoms with Gasteiger partial charge in [-0.25, -0.2) is 0 Å². The molecule has 0 unspecified atom stereocenters. The quantitative estimate of drug-likeness (QED) is 0.561. The van der Waals surface area contributed by atoms with Crippen molar-refractivity contribution in [1.29, 1.82) is 0 Å². The van der Waals surface area contributed by atoms with Crippen molar-refractivity contribution in [3.8, 4) is 17.2 Å². The van der Waals surface area contributed by atoms with Crippen LogP contribution in [0.25, 0.3) is 5.69 Å². The fourth-order valence-corrected chi connectivity index (χ4v) is 3.79. The van der Waals surface area contributed by atoms with E-state index in [1.54, 1.807) is 18.5 Å². The predicted molar refractivity (Wildman–Crippen MR) is 115 cm³/mol. The Morgan fingerprint density at radius 1 is 1.17 bits per heavy atom. The van der Waals surface area contributed by atoms with Gasteiger partial charge < -0.3 is 14.8 Å². The Morgan fingerprint density at radius 2 is 1.93 bits per heavy atom. The van der Waals surface area contributed by atoms with E-state index in [1.807, 2.05) is 30.5 Å². The maximum atomic E-state index is 12.5. The van der Waals surface area contributed by atoms with E-state index in [9.17, 15) is 4.79 Å². The van der Waals surface area contributed by atoms with E-state index in [0.717, 1.165) is 11.3 Å². The molecule has 29 heavy (non-hydrogen) atoms. The molecule has 152 valence electrons. The number of thioether (sulfide) groups is 1. The van der Waals surface area contributed by atoms with Crippen molar-refractivity contribution in [3.63, 3.8) is 0 Å². The molecule has 7 nitrogen and oxygen atoms in total. The summed E-state index contributed by atoms with van der Waals surface area (Å²) in [6, 6.07) is 9.37. The lowest BCUT2D eigenvalue weighted by molar-refractivity contribution is -0.113. The molecule has 1 heterocycles. The number of anilines is 1. The summed E-state index contributed by atoms with van der Waals surface area (Å²) in [5, 5.41) is 12.0. The van der Waals surface area contributed by atoms with Crippen molar-refractivity contribution < 1.29 is 14.3 Å². The fraction of sp³-hybridized carbons (Fsp3) is 0.250. The molecule has 3 aromatic rings. The van der Waals surface area contributed by atoms with E-state index >= 15 is 0 Å². The average Bonchev–Trinajstić information content (AvgIpc) is 3.15. The van der Waals surface area contributed by atoms with Gasteiger partial charge in [-0.1, -0.05) is 41.1 Å². The van der Waals surface area contributed by atoms with E-state index < -0.39 is 0 Å². The number of methoxy groups -OCH3 is 2. The number of aromatic nitrogens is 3. The van der Waals surface area contributed by atoms with Gasteiger partial charge in [0, 0.05) is 12.1 Å². The summed E-state index contributed by atoms with van der Waals surface area (Å²) in [5.41, 5.74) is 3.75. The van der Waals surface area contributed by atoms with Gasteiger partial charge in [-0.15, -0.1) is 10.2 Å². The molecule has 3 rings (SSSR count). The number of rotatable bonds is 7. The summed E-state index contributed by atoms with van der Waals surface area (Å²) in [6.07, 6.45) is 1.64. The lowest BCUT2D eigenvalue weighted by Crippen LogP contribution is -2.15. The normalized spacial score (nSPS) is 10.7. The number of halogens is 1. The average molecular weight is 433 g/mol. The van der Waals surface area contributed by atoms with Crippen LogP contribution in [0.1, 0.15) is 11.1 Å². The lowest BCUT2D eigenvalue weighted by Gasteiger charge is -2.13. The van der Waals surface area contributed by atoms with Crippen LogP contribution in [0.5, 0.6) is 11.5 Å². The third-order valence-corrected chi connectivity index (χ3v) is 5.45. The summed E-state index contributed by atoms with van der Waals surface area (Å²) in [6.45, 7) is 4.08. The molecule has 9 heteroatoms. The summed E-state index contributed by atoms with van der Waals surface area (Å²) in [4.78, 5) is 12.5. The van der Waals surface area contributed by atoms with Crippen LogP contribution in [0.3, 0.4) is 0 Å². The van der Waals surface area contributed by atoms with Crippen LogP contribution in [0.15, 0.2) is 41.8 Å². The molecule has 0 aliphatic rings. The van der Waals surface area contributed by atoms with Gasteiger partial charge in [-0.2, -0.15) is 0 Å². The Labute approximate surface area is 178 Å². The van der Waals surface area contributed by atoms with Gasteiger partial charge in [0.1, 0.15) is 17.8 Å². The number of aryl methyl sites for hydroxylation is 2. The first-order valence-corrected chi connectivity index (χ1v) is 10.1. The zero-order chi connectivity index (χ0) is 21.0. The Kier molecular flexibility index (Phi) is 6.66. The second-order valence-electron chi connectivity index (χ2n) is 6.30. The highest BCUT2D eigenvalue weighted by molar-refractivity contribution is 7.99. The standard InChI is InChI=1S/C20H21ClN4O3S/c1-12-5-6-16(13(2)7-12)25-11-22-24-20(25)29-10-19(26)23-15-9-17(27-3)14(21)8-18(15)28-4/h5-9,11H,10H2,1-4H3,(H,23,26). The number of hydrogen-bond donors (Lipinski definition) is 1. The van der Waals surface area contributed by atoms with Crippen molar-refractivity contribution in [3.05, 3.63) is 52.8 Å². The SMILES string of the molecule is COc1cc(NC(=O)CSc2nncn2-c2ccc(C)cc2C)c(OC)cc1Cl. The number of benzene rings is 2. The Morgan fingerprint density at radius 3 is 2.62 bits per heavy atom. The molecule has 0 aliphatic carbocycles. The van der Waals surface area contributed by atoms with Crippen molar-refractivity contribution in [2.45, 2.75) is 19.0 Å². The van der Waals surface area contributed by atoms with Gasteiger partial charge in [0.2, 0.25) is 5.91 Å². The molecule has 1 N–H and O–H groups in total. The summed E-state index contributed by atoms with van der Waals surface area (Å²) in [5.74, 6) is 0.836. The molecule has 0 saturated carbocycles. The molecule has 0 atom stereocenters. The molecule has 0 spiro atoms. The predicted octanol–water partition coefficient (Wildman–Crippen LogP) is 4.29. The molecule has 2 aromatic carbocycles. The van der Waals surface area contributed by atoms with E-state index in [-0.39, 0.29) is 11.7 Å². The van der Waals surface area contributed by atoms with Crippen LogP contribution < -0.4 is 14.8 Å². The molecule has 1 aromatic heterocycles. The second kappa shape index (κ2) is 9.19. The van der Waals surface area contributed by atoms with Crippen LogP contribution in [-0.2, 0) is 4.79 Å². The largest absolute Gasteiger partial charge is 0.495 e. The molecular weight excluding hydrogens is 412 g/mol. The number of amides is 1. The molecule has 1 amide bonds.